The third-order valence-electron chi connectivity index (χ3n) is 4.35. The van der Waals surface area contributed by atoms with E-state index in [1.807, 2.05) is 30.9 Å². The molecule has 0 atom stereocenters. The summed E-state index contributed by atoms with van der Waals surface area (Å²) in [5.74, 6) is -0.0628. The Morgan fingerprint density at radius 3 is 2.67 bits per heavy atom. The first-order chi connectivity index (χ1) is 13.1. The first kappa shape index (κ1) is 19.3. The van der Waals surface area contributed by atoms with Crippen molar-refractivity contribution in [1.82, 2.24) is 29.8 Å². The normalized spacial score (nSPS) is 14.2. The van der Waals surface area contributed by atoms with Gasteiger partial charge in [0.2, 0.25) is 0 Å². The lowest BCUT2D eigenvalue weighted by Gasteiger charge is -2.27. The van der Waals surface area contributed by atoms with Gasteiger partial charge >= 0.3 is 0 Å². The second-order valence-corrected chi connectivity index (χ2v) is 6.55. The van der Waals surface area contributed by atoms with Crippen molar-refractivity contribution in [3.63, 3.8) is 0 Å². The van der Waals surface area contributed by atoms with E-state index >= 15 is 0 Å². The van der Waals surface area contributed by atoms with Crippen molar-refractivity contribution in [1.29, 1.82) is 0 Å². The average molecular weight is 392 g/mol. The van der Waals surface area contributed by atoms with E-state index in [4.69, 9.17) is 17.0 Å². The Morgan fingerprint density at radius 2 is 2.00 bits per heavy atom. The van der Waals surface area contributed by atoms with E-state index in [0.29, 0.717) is 55.9 Å². The number of carbonyl (C=O) groups excluding carboxylic acids is 1. The minimum Gasteiger partial charge on any atom is -0.378 e. The lowest BCUT2D eigenvalue weighted by atomic mass is 10.3. The topological polar surface area (TPSA) is 89.2 Å². The van der Waals surface area contributed by atoms with Gasteiger partial charge < -0.3 is 20.3 Å². The number of ether oxygens (including phenoxy) is 1. The van der Waals surface area contributed by atoms with Crippen LogP contribution in [-0.4, -0.2) is 61.8 Å². The molecule has 2 aromatic rings. The van der Waals surface area contributed by atoms with Crippen molar-refractivity contribution >= 4 is 28.9 Å². The Hall–Kier alpha value is -2.46. The van der Waals surface area contributed by atoms with Gasteiger partial charge in [-0.3, -0.25) is 14.2 Å². The van der Waals surface area contributed by atoms with Crippen LogP contribution in [0.1, 0.15) is 29.9 Å². The zero-order valence-corrected chi connectivity index (χ0v) is 16.5. The molecular formula is C17H25N7O2S. The second-order valence-electron chi connectivity index (χ2n) is 6.14. The summed E-state index contributed by atoms with van der Waals surface area (Å²) in [7, 11) is 0. The van der Waals surface area contributed by atoms with Gasteiger partial charge in [0.15, 0.2) is 5.11 Å². The summed E-state index contributed by atoms with van der Waals surface area (Å²) in [6.07, 6.45) is 5.42. The van der Waals surface area contributed by atoms with Crippen LogP contribution in [-0.2, 0) is 24.4 Å². The van der Waals surface area contributed by atoms with Crippen LogP contribution in [0.5, 0.6) is 0 Å². The fourth-order valence-corrected chi connectivity index (χ4v) is 3.06. The van der Waals surface area contributed by atoms with Crippen LogP contribution >= 0.6 is 12.2 Å². The summed E-state index contributed by atoms with van der Waals surface area (Å²) in [5, 5.41) is 15.2. The fourth-order valence-electron chi connectivity index (χ4n) is 2.88. The molecule has 2 aromatic heterocycles. The minimum absolute atomic E-state index is 0.0628. The third-order valence-corrected chi connectivity index (χ3v) is 4.60. The zero-order valence-electron chi connectivity index (χ0n) is 15.6. The highest BCUT2D eigenvalue weighted by atomic mass is 32.1. The first-order valence-electron chi connectivity index (χ1n) is 9.11. The number of thiocarbonyl (C=S) groups is 1. The molecule has 1 aliphatic rings. The maximum absolute atomic E-state index is 13.0. The van der Waals surface area contributed by atoms with Gasteiger partial charge in [0.1, 0.15) is 5.69 Å². The van der Waals surface area contributed by atoms with E-state index in [-0.39, 0.29) is 5.91 Å². The molecule has 0 spiro atoms. The van der Waals surface area contributed by atoms with Crippen LogP contribution in [0.3, 0.4) is 0 Å². The van der Waals surface area contributed by atoms with Gasteiger partial charge in [-0.05, 0) is 26.1 Å². The van der Waals surface area contributed by atoms with Crippen molar-refractivity contribution < 1.29 is 9.53 Å². The molecule has 146 valence electrons. The molecule has 2 N–H and O–H groups in total. The van der Waals surface area contributed by atoms with Gasteiger partial charge in [-0.15, -0.1) is 0 Å². The maximum Gasteiger partial charge on any atom is 0.274 e. The highest BCUT2D eigenvalue weighted by molar-refractivity contribution is 7.80. The fraction of sp³-hybridized carbons (Fsp3) is 0.529. The van der Waals surface area contributed by atoms with Gasteiger partial charge in [-0.25, -0.2) is 0 Å². The summed E-state index contributed by atoms with van der Waals surface area (Å²) < 4.78 is 8.88. The van der Waals surface area contributed by atoms with Crippen LogP contribution < -0.4 is 10.6 Å². The molecule has 0 bridgehead atoms. The van der Waals surface area contributed by atoms with E-state index in [9.17, 15) is 4.79 Å². The van der Waals surface area contributed by atoms with Gasteiger partial charge in [0.05, 0.1) is 31.3 Å². The number of hydrogen-bond acceptors (Lipinski definition) is 5. The number of nitrogens with one attached hydrogen (secondary N) is 2. The predicted molar refractivity (Wildman–Crippen MR) is 106 cm³/mol. The van der Waals surface area contributed by atoms with Crippen LogP contribution in [0.15, 0.2) is 18.6 Å². The molecule has 1 amide bonds. The highest BCUT2D eigenvalue weighted by Crippen LogP contribution is 2.18. The van der Waals surface area contributed by atoms with Crippen LogP contribution in [0.4, 0.5) is 5.69 Å². The van der Waals surface area contributed by atoms with E-state index in [2.05, 4.69) is 20.8 Å². The number of amides is 1. The summed E-state index contributed by atoms with van der Waals surface area (Å²) in [6, 6.07) is 0. The summed E-state index contributed by atoms with van der Waals surface area (Å²) in [6.45, 7) is 8.24. The lowest BCUT2D eigenvalue weighted by Crippen LogP contribution is -2.42. The van der Waals surface area contributed by atoms with Gasteiger partial charge in [-0.1, -0.05) is 0 Å². The molecule has 9 nitrogen and oxygen atoms in total. The second kappa shape index (κ2) is 8.96. The molecule has 3 rings (SSSR count). The Labute approximate surface area is 163 Å². The predicted octanol–water partition coefficient (Wildman–Crippen LogP) is 1.08. The standard InChI is InChI=1S/C17H25N7O2S/c1-3-23-12-13(10-19-23)9-18-17(27)21-14-11-20-24(4-2)15(14)16(25)22-5-7-26-8-6-22/h10-12H,3-9H2,1-2H3,(H2,18,21,27). The molecule has 0 saturated carbocycles. The molecule has 1 saturated heterocycles. The number of morpholine rings is 1. The average Bonchev–Trinajstić information content (AvgIpc) is 3.33. The monoisotopic (exact) mass is 391 g/mol. The molecule has 0 aromatic carbocycles. The highest BCUT2D eigenvalue weighted by Gasteiger charge is 2.25. The Balaban J connectivity index is 1.66. The Morgan fingerprint density at radius 1 is 1.22 bits per heavy atom. The van der Waals surface area contributed by atoms with E-state index in [1.165, 1.54) is 0 Å². The number of aryl methyl sites for hydroxylation is 2. The van der Waals surface area contributed by atoms with Gasteiger partial charge in [0.25, 0.3) is 5.91 Å². The Kier molecular flexibility index (Phi) is 6.40. The summed E-state index contributed by atoms with van der Waals surface area (Å²) in [5.41, 5.74) is 2.16. The van der Waals surface area contributed by atoms with E-state index < -0.39 is 0 Å². The van der Waals surface area contributed by atoms with E-state index in [1.54, 1.807) is 15.8 Å². The number of aromatic nitrogens is 4. The molecule has 1 fully saturated rings. The minimum atomic E-state index is -0.0628. The van der Waals surface area contributed by atoms with Crippen LogP contribution in [0.2, 0.25) is 0 Å². The largest absolute Gasteiger partial charge is 0.378 e. The number of rotatable bonds is 6. The van der Waals surface area contributed by atoms with Crippen molar-refractivity contribution in [3.8, 4) is 0 Å². The quantitative estimate of drug-likeness (QED) is 0.712. The van der Waals surface area contributed by atoms with Crippen LogP contribution in [0, 0.1) is 0 Å². The molecule has 0 radical (unpaired) electrons. The SMILES string of the molecule is CCn1cc(CNC(=S)Nc2cnn(CC)c2C(=O)N2CCOCC2)cn1. The van der Waals surface area contributed by atoms with Gasteiger partial charge in [0, 0.05) is 44.5 Å². The molecule has 1 aliphatic heterocycles. The molecule has 10 heteroatoms. The first-order valence-corrected chi connectivity index (χ1v) is 9.52. The Bertz CT molecular complexity index is 795. The third kappa shape index (κ3) is 4.64. The molecule has 0 aliphatic carbocycles. The molecular weight excluding hydrogens is 366 g/mol. The van der Waals surface area contributed by atoms with Crippen molar-refractivity contribution in [2.24, 2.45) is 0 Å². The molecule has 27 heavy (non-hydrogen) atoms. The number of nitrogens with zero attached hydrogens (tertiary/aromatic N) is 5. The van der Waals surface area contributed by atoms with E-state index in [0.717, 1.165) is 12.1 Å². The van der Waals surface area contributed by atoms with Crippen LogP contribution in [0.25, 0.3) is 0 Å². The number of carbonyl (C=O) groups is 1. The summed E-state index contributed by atoms with van der Waals surface area (Å²) >= 11 is 5.39. The van der Waals surface area contributed by atoms with Gasteiger partial charge in [-0.2, -0.15) is 10.2 Å². The zero-order chi connectivity index (χ0) is 19.2. The van der Waals surface area contributed by atoms with Crippen molar-refractivity contribution in [3.05, 3.63) is 29.8 Å². The van der Waals surface area contributed by atoms with Crippen molar-refractivity contribution in [2.75, 3.05) is 31.6 Å². The lowest BCUT2D eigenvalue weighted by molar-refractivity contribution is 0.0295. The smallest absolute Gasteiger partial charge is 0.274 e. The number of hydrogen-bond donors (Lipinski definition) is 2. The van der Waals surface area contributed by atoms with Crippen molar-refractivity contribution in [2.45, 2.75) is 33.5 Å². The molecule has 0 unspecified atom stereocenters. The molecule has 3 heterocycles. The maximum atomic E-state index is 13.0. The number of anilines is 1. The summed E-state index contributed by atoms with van der Waals surface area (Å²) in [4.78, 5) is 14.7.